The van der Waals surface area contributed by atoms with Crippen LogP contribution in [-0.4, -0.2) is 5.04 Å². The highest BCUT2D eigenvalue weighted by atomic mass is 79.9. The summed E-state index contributed by atoms with van der Waals surface area (Å²) in [6.07, 6.45) is 0. The summed E-state index contributed by atoms with van der Waals surface area (Å²) in [6.45, 7) is 0.347. The minimum absolute atomic E-state index is 0.0554. The molecule has 0 bridgehead atoms. The second kappa shape index (κ2) is 8.51. The van der Waals surface area contributed by atoms with E-state index in [0.717, 1.165) is 32.0 Å². The molecule has 1 N–H and O–H groups in total. The number of nitrogens with one attached hydrogen (secondary N) is 1. The number of benzene rings is 3. The van der Waals surface area contributed by atoms with Gasteiger partial charge in [0.1, 0.15) is 22.8 Å². The lowest BCUT2D eigenvalue weighted by Crippen LogP contribution is -2.07. The van der Waals surface area contributed by atoms with Crippen molar-refractivity contribution in [1.29, 1.82) is 5.26 Å². The number of hydrazone groups is 1. The molecule has 0 amide bonds. The third kappa shape index (κ3) is 4.06. The molecule has 28 heavy (non-hydrogen) atoms. The molecule has 3 aromatic carbocycles. The van der Waals surface area contributed by atoms with Crippen molar-refractivity contribution in [3.05, 3.63) is 99.5 Å². The molecular formula is C22H16BrN3OS. The number of ether oxygens (including phenoxy) is 1. The number of nitriles is 1. The average molecular weight is 450 g/mol. The first-order valence-corrected chi connectivity index (χ1v) is 10.4. The predicted molar refractivity (Wildman–Crippen MR) is 116 cm³/mol. The van der Waals surface area contributed by atoms with E-state index in [-0.39, 0.29) is 5.37 Å². The van der Waals surface area contributed by atoms with Gasteiger partial charge in [0.2, 0.25) is 0 Å². The van der Waals surface area contributed by atoms with E-state index < -0.39 is 0 Å². The highest BCUT2D eigenvalue weighted by Gasteiger charge is 2.22. The summed E-state index contributed by atoms with van der Waals surface area (Å²) in [6, 6.07) is 25.8. The molecule has 4 rings (SSSR count). The van der Waals surface area contributed by atoms with Crippen LogP contribution in [-0.2, 0) is 6.61 Å². The molecule has 0 spiro atoms. The van der Waals surface area contributed by atoms with Crippen molar-refractivity contribution in [3.63, 3.8) is 0 Å². The van der Waals surface area contributed by atoms with Gasteiger partial charge in [-0.2, -0.15) is 10.4 Å². The molecule has 6 heteroatoms. The van der Waals surface area contributed by atoms with Crippen molar-refractivity contribution in [2.75, 3.05) is 0 Å². The molecule has 1 aliphatic heterocycles. The van der Waals surface area contributed by atoms with E-state index in [0.29, 0.717) is 12.2 Å². The third-order valence-electron chi connectivity index (χ3n) is 4.31. The number of thioether (sulfide) groups is 1. The lowest BCUT2D eigenvalue weighted by molar-refractivity contribution is 0.304. The van der Waals surface area contributed by atoms with Gasteiger partial charge in [-0.1, -0.05) is 66.4 Å². The van der Waals surface area contributed by atoms with Crippen molar-refractivity contribution in [2.24, 2.45) is 5.10 Å². The first kappa shape index (κ1) is 18.6. The Morgan fingerprint density at radius 1 is 1.07 bits per heavy atom. The Hall–Kier alpha value is -2.75. The average Bonchev–Trinajstić information content (AvgIpc) is 3.24. The van der Waals surface area contributed by atoms with Crippen LogP contribution in [0.5, 0.6) is 5.75 Å². The second-order valence-electron chi connectivity index (χ2n) is 6.16. The normalized spacial score (nSPS) is 15.4. The van der Waals surface area contributed by atoms with Crippen LogP contribution in [0.2, 0.25) is 0 Å². The maximum Gasteiger partial charge on any atom is 0.134 e. The molecule has 4 nitrogen and oxygen atoms in total. The lowest BCUT2D eigenvalue weighted by atomic mass is 10.1. The van der Waals surface area contributed by atoms with Crippen LogP contribution in [0.25, 0.3) is 0 Å². The molecule has 1 heterocycles. The van der Waals surface area contributed by atoms with Gasteiger partial charge < -0.3 is 4.74 Å². The summed E-state index contributed by atoms with van der Waals surface area (Å²) in [5.41, 5.74) is 6.91. The van der Waals surface area contributed by atoms with Crippen LogP contribution in [0.4, 0.5) is 0 Å². The van der Waals surface area contributed by atoms with E-state index >= 15 is 0 Å². The zero-order chi connectivity index (χ0) is 19.3. The fourth-order valence-corrected chi connectivity index (χ4v) is 4.35. The Labute approximate surface area is 176 Å². The minimum atomic E-state index is 0.0554. The van der Waals surface area contributed by atoms with Gasteiger partial charge >= 0.3 is 0 Å². The molecule has 138 valence electrons. The van der Waals surface area contributed by atoms with Crippen molar-refractivity contribution >= 4 is 32.7 Å². The molecule has 0 saturated heterocycles. The van der Waals surface area contributed by atoms with Crippen LogP contribution < -0.4 is 10.2 Å². The number of hydrogen-bond donors (Lipinski definition) is 1. The fourth-order valence-electron chi connectivity index (χ4n) is 2.85. The number of halogens is 1. The van der Waals surface area contributed by atoms with Crippen molar-refractivity contribution in [3.8, 4) is 11.8 Å². The second-order valence-corrected chi connectivity index (χ2v) is 8.11. The predicted octanol–water partition coefficient (Wildman–Crippen LogP) is 5.60. The van der Waals surface area contributed by atoms with Gasteiger partial charge in [0.25, 0.3) is 0 Å². The first-order valence-electron chi connectivity index (χ1n) is 8.70. The topological polar surface area (TPSA) is 57.4 Å². The van der Waals surface area contributed by atoms with E-state index in [1.165, 1.54) is 0 Å². The SMILES string of the molecule is N#Cc1ccccc1COc1ccc([C@H]2NN=C(c3ccccc3)S2)cc1Br. The smallest absolute Gasteiger partial charge is 0.134 e. The highest BCUT2D eigenvalue weighted by Crippen LogP contribution is 2.37. The summed E-state index contributed by atoms with van der Waals surface area (Å²) in [4.78, 5) is 0. The molecular weight excluding hydrogens is 434 g/mol. The molecule has 1 aliphatic rings. The van der Waals surface area contributed by atoms with E-state index in [9.17, 15) is 5.26 Å². The standard InChI is InChI=1S/C22H16BrN3OS/c23-19-12-16(22-26-25-21(28-22)15-6-2-1-3-7-15)10-11-20(19)27-14-18-9-5-4-8-17(18)13-24/h1-12,22,26H,14H2/t22-/m0/s1. The van der Waals surface area contributed by atoms with Gasteiger partial charge in [-0.25, -0.2) is 0 Å². The zero-order valence-corrected chi connectivity index (χ0v) is 17.2. The monoisotopic (exact) mass is 449 g/mol. The quantitative estimate of drug-likeness (QED) is 0.550. The maximum absolute atomic E-state index is 9.20. The fraction of sp³-hybridized carbons (Fsp3) is 0.0909. The molecule has 0 saturated carbocycles. The molecule has 1 atom stereocenters. The van der Waals surface area contributed by atoms with Gasteiger partial charge in [0.05, 0.1) is 16.1 Å². The molecule has 0 aromatic heterocycles. The Kier molecular flexibility index (Phi) is 5.65. The lowest BCUT2D eigenvalue weighted by Gasteiger charge is -2.13. The summed E-state index contributed by atoms with van der Waals surface area (Å²) >= 11 is 5.29. The molecule has 0 radical (unpaired) electrons. The summed E-state index contributed by atoms with van der Waals surface area (Å²) in [7, 11) is 0. The van der Waals surface area contributed by atoms with E-state index in [2.05, 4.69) is 44.7 Å². The van der Waals surface area contributed by atoms with Gasteiger partial charge in [0.15, 0.2) is 0 Å². The summed E-state index contributed by atoms with van der Waals surface area (Å²) in [5, 5.41) is 14.7. The largest absolute Gasteiger partial charge is 0.488 e. The van der Waals surface area contributed by atoms with Crippen LogP contribution in [0.15, 0.2) is 82.4 Å². The third-order valence-corrected chi connectivity index (χ3v) is 6.10. The summed E-state index contributed by atoms with van der Waals surface area (Å²) in [5.74, 6) is 0.740. The highest BCUT2D eigenvalue weighted by molar-refractivity contribution is 9.10. The van der Waals surface area contributed by atoms with E-state index in [4.69, 9.17) is 4.74 Å². The Bertz CT molecular complexity index is 1060. The molecule has 0 unspecified atom stereocenters. The molecule has 0 aliphatic carbocycles. The summed E-state index contributed by atoms with van der Waals surface area (Å²) < 4.78 is 6.79. The van der Waals surface area contributed by atoms with Crippen molar-refractivity contribution in [1.82, 2.24) is 5.43 Å². The Morgan fingerprint density at radius 3 is 2.64 bits per heavy atom. The first-order chi connectivity index (χ1) is 13.7. The van der Waals surface area contributed by atoms with Crippen molar-refractivity contribution in [2.45, 2.75) is 12.0 Å². The van der Waals surface area contributed by atoms with Crippen LogP contribution >= 0.6 is 27.7 Å². The van der Waals surface area contributed by atoms with Crippen molar-refractivity contribution < 1.29 is 4.74 Å². The zero-order valence-electron chi connectivity index (χ0n) is 14.8. The van der Waals surface area contributed by atoms with Crippen LogP contribution in [0.1, 0.15) is 27.6 Å². The van der Waals surface area contributed by atoms with Gasteiger partial charge in [-0.3, -0.25) is 5.43 Å². The minimum Gasteiger partial charge on any atom is -0.488 e. The molecule has 0 fully saturated rings. The number of hydrogen-bond acceptors (Lipinski definition) is 5. The van der Waals surface area contributed by atoms with Gasteiger partial charge in [-0.05, 0) is 39.7 Å². The molecule has 3 aromatic rings. The van der Waals surface area contributed by atoms with Crippen LogP contribution in [0.3, 0.4) is 0 Å². The van der Waals surface area contributed by atoms with E-state index in [1.54, 1.807) is 17.8 Å². The maximum atomic E-state index is 9.20. The van der Waals surface area contributed by atoms with Gasteiger partial charge in [0, 0.05) is 11.1 Å². The van der Waals surface area contributed by atoms with E-state index in [1.807, 2.05) is 54.6 Å². The number of rotatable bonds is 5. The Morgan fingerprint density at radius 2 is 1.86 bits per heavy atom. The van der Waals surface area contributed by atoms with Gasteiger partial charge in [-0.15, -0.1) is 0 Å². The Balaban J connectivity index is 1.43. The van der Waals surface area contributed by atoms with Crippen LogP contribution in [0, 0.1) is 11.3 Å². The number of nitrogens with zero attached hydrogens (tertiary/aromatic N) is 2.